The summed E-state index contributed by atoms with van der Waals surface area (Å²) in [4.78, 5) is 11.9. The molecule has 1 heterocycles. The van der Waals surface area contributed by atoms with E-state index in [1.807, 2.05) is 32.2 Å². The van der Waals surface area contributed by atoms with Gasteiger partial charge < -0.3 is 14.8 Å². The van der Waals surface area contributed by atoms with Crippen LogP contribution in [0.15, 0.2) is 23.6 Å². The molecular weight excluding hydrogens is 316 g/mol. The molecule has 0 spiro atoms. The van der Waals surface area contributed by atoms with Gasteiger partial charge in [0, 0.05) is 11.1 Å². The molecule has 2 rings (SSSR count). The van der Waals surface area contributed by atoms with Crippen LogP contribution >= 0.6 is 11.5 Å². The molecule has 0 aliphatic heterocycles. The largest absolute Gasteiger partial charge is 0.495 e. The summed E-state index contributed by atoms with van der Waals surface area (Å²) in [6.07, 6.45) is -0.531. The smallest absolute Gasteiger partial charge is 0.412 e. The Morgan fingerprint density at radius 3 is 2.74 bits per heavy atom. The van der Waals surface area contributed by atoms with E-state index in [0.717, 1.165) is 11.4 Å². The molecule has 0 unspecified atom stereocenters. The summed E-state index contributed by atoms with van der Waals surface area (Å²) in [5, 5.41) is 11.8. The van der Waals surface area contributed by atoms with Gasteiger partial charge >= 0.3 is 6.09 Å². The van der Waals surface area contributed by atoms with Crippen molar-refractivity contribution in [1.82, 2.24) is 9.59 Å². The van der Waals surface area contributed by atoms with Crippen molar-refractivity contribution in [3.05, 3.63) is 29.3 Å². The number of carbonyl (C=O) groups excluding carboxylic acids is 1. The van der Waals surface area contributed by atoms with E-state index in [4.69, 9.17) is 9.47 Å². The molecule has 2 N–H and O–H groups in total. The number of amides is 1. The van der Waals surface area contributed by atoms with E-state index in [9.17, 15) is 4.79 Å². The molecule has 1 aromatic carbocycles. The van der Waals surface area contributed by atoms with E-state index < -0.39 is 11.7 Å². The normalized spacial score (nSPS) is 11.0. The fraction of sp³-hybridized carbons (Fsp3) is 0.400. The fourth-order valence-corrected chi connectivity index (χ4v) is 2.23. The van der Waals surface area contributed by atoms with E-state index in [-0.39, 0.29) is 0 Å². The minimum absolute atomic E-state index is 0.531. The molecule has 1 amide bonds. The quantitative estimate of drug-likeness (QED) is 0.869. The summed E-state index contributed by atoms with van der Waals surface area (Å²) in [6, 6.07) is 5.41. The van der Waals surface area contributed by atoms with Crippen LogP contribution in [0.3, 0.4) is 0 Å². The summed E-state index contributed by atoms with van der Waals surface area (Å²) in [5.41, 5.74) is 1.64. The molecule has 23 heavy (non-hydrogen) atoms. The van der Waals surface area contributed by atoms with Crippen LogP contribution in [0.5, 0.6) is 5.75 Å². The predicted octanol–water partition coefficient (Wildman–Crippen LogP) is 3.51. The Bertz CT molecular complexity index is 653. The van der Waals surface area contributed by atoms with Gasteiger partial charge in [-0.15, -0.1) is 5.10 Å². The zero-order valence-corrected chi connectivity index (χ0v) is 14.4. The average Bonchev–Trinajstić information content (AvgIpc) is 2.96. The Balaban J connectivity index is 2.07. The third-order valence-electron chi connectivity index (χ3n) is 2.71. The van der Waals surface area contributed by atoms with Crippen LogP contribution in [0.4, 0.5) is 16.2 Å². The second-order valence-corrected chi connectivity index (χ2v) is 6.40. The number of carbonyl (C=O) groups is 1. The molecule has 124 valence electrons. The fourth-order valence-electron chi connectivity index (χ4n) is 1.78. The summed E-state index contributed by atoms with van der Waals surface area (Å²) in [5.74, 6) is 0.553. The molecule has 0 saturated heterocycles. The number of benzene rings is 1. The maximum Gasteiger partial charge on any atom is 0.412 e. The van der Waals surface area contributed by atoms with Crippen molar-refractivity contribution in [3.8, 4) is 5.75 Å². The van der Waals surface area contributed by atoms with Gasteiger partial charge in [0.05, 0.1) is 25.0 Å². The predicted molar refractivity (Wildman–Crippen MR) is 90.1 cm³/mol. The van der Waals surface area contributed by atoms with Gasteiger partial charge in [-0.25, -0.2) is 4.79 Å². The highest BCUT2D eigenvalue weighted by molar-refractivity contribution is 7.03. The Kier molecular flexibility index (Phi) is 5.38. The molecule has 0 saturated carbocycles. The molecular formula is C15H20N4O3S. The van der Waals surface area contributed by atoms with Crippen molar-refractivity contribution in [3.63, 3.8) is 0 Å². The molecule has 7 nitrogen and oxygen atoms in total. The standard InChI is InChI=1S/C15H20N4O3S/c1-15(2,3)22-14(20)17-12-7-10(5-6-13(12)21-4)16-8-11-9-23-19-18-11/h5-7,9,16H,8H2,1-4H3,(H,17,20). The minimum atomic E-state index is -0.565. The lowest BCUT2D eigenvalue weighted by atomic mass is 10.2. The Labute approximate surface area is 139 Å². The van der Waals surface area contributed by atoms with Gasteiger partial charge in [-0.3, -0.25) is 5.32 Å². The van der Waals surface area contributed by atoms with Crippen molar-refractivity contribution in [2.75, 3.05) is 17.7 Å². The Morgan fingerprint density at radius 1 is 1.35 bits per heavy atom. The van der Waals surface area contributed by atoms with Crippen molar-refractivity contribution in [2.45, 2.75) is 32.9 Å². The van der Waals surface area contributed by atoms with Gasteiger partial charge in [-0.2, -0.15) is 0 Å². The van der Waals surface area contributed by atoms with Crippen molar-refractivity contribution in [1.29, 1.82) is 0 Å². The molecule has 0 bridgehead atoms. The third-order valence-corrected chi connectivity index (χ3v) is 3.27. The first-order chi connectivity index (χ1) is 10.9. The molecule has 1 aromatic heterocycles. The van der Waals surface area contributed by atoms with Crippen LogP contribution in [0.25, 0.3) is 0 Å². The van der Waals surface area contributed by atoms with Gasteiger partial charge in [-0.1, -0.05) is 4.49 Å². The molecule has 0 aliphatic rings. The molecule has 0 fully saturated rings. The van der Waals surface area contributed by atoms with E-state index >= 15 is 0 Å². The highest BCUT2D eigenvalue weighted by atomic mass is 32.1. The number of nitrogens with one attached hydrogen (secondary N) is 2. The topological polar surface area (TPSA) is 85.4 Å². The second-order valence-electron chi connectivity index (χ2n) is 5.79. The average molecular weight is 336 g/mol. The highest BCUT2D eigenvalue weighted by Gasteiger charge is 2.17. The SMILES string of the molecule is COc1ccc(NCc2csnn2)cc1NC(=O)OC(C)(C)C. The van der Waals surface area contributed by atoms with Gasteiger partial charge in [0.1, 0.15) is 11.4 Å². The summed E-state index contributed by atoms with van der Waals surface area (Å²) >= 11 is 1.30. The Morgan fingerprint density at radius 2 is 2.13 bits per heavy atom. The number of aromatic nitrogens is 2. The lowest BCUT2D eigenvalue weighted by molar-refractivity contribution is 0.0635. The highest BCUT2D eigenvalue weighted by Crippen LogP contribution is 2.28. The van der Waals surface area contributed by atoms with E-state index in [2.05, 4.69) is 20.2 Å². The molecule has 8 heteroatoms. The number of nitrogens with zero attached hydrogens (tertiary/aromatic N) is 2. The van der Waals surface area contributed by atoms with Gasteiger partial charge in [0.2, 0.25) is 0 Å². The second kappa shape index (κ2) is 7.28. The van der Waals surface area contributed by atoms with Gasteiger partial charge in [0.15, 0.2) is 0 Å². The number of methoxy groups -OCH3 is 1. The summed E-state index contributed by atoms with van der Waals surface area (Å²) in [7, 11) is 1.55. The number of hydrogen-bond acceptors (Lipinski definition) is 7. The lowest BCUT2D eigenvalue weighted by Gasteiger charge is -2.20. The first-order valence-corrected chi connectivity index (χ1v) is 7.89. The minimum Gasteiger partial charge on any atom is -0.495 e. The van der Waals surface area contributed by atoms with E-state index in [1.54, 1.807) is 19.2 Å². The maximum absolute atomic E-state index is 11.9. The van der Waals surface area contributed by atoms with E-state index in [1.165, 1.54) is 11.5 Å². The van der Waals surface area contributed by atoms with E-state index in [0.29, 0.717) is 18.0 Å². The number of anilines is 2. The summed E-state index contributed by atoms with van der Waals surface area (Å²) in [6.45, 7) is 5.98. The van der Waals surface area contributed by atoms with Crippen LogP contribution in [0.2, 0.25) is 0 Å². The van der Waals surface area contributed by atoms with Gasteiger partial charge in [-0.05, 0) is 50.5 Å². The lowest BCUT2D eigenvalue weighted by Crippen LogP contribution is -2.27. The Hall–Kier alpha value is -2.35. The molecule has 2 aromatic rings. The monoisotopic (exact) mass is 336 g/mol. The third kappa shape index (κ3) is 5.41. The van der Waals surface area contributed by atoms with Crippen LogP contribution in [-0.2, 0) is 11.3 Å². The molecule has 0 radical (unpaired) electrons. The van der Waals surface area contributed by atoms with Crippen LogP contribution in [0.1, 0.15) is 26.5 Å². The van der Waals surface area contributed by atoms with Gasteiger partial charge in [0.25, 0.3) is 0 Å². The summed E-state index contributed by atoms with van der Waals surface area (Å²) < 4.78 is 14.3. The zero-order chi connectivity index (χ0) is 16.9. The number of ether oxygens (including phenoxy) is 2. The van der Waals surface area contributed by atoms with Crippen LogP contribution < -0.4 is 15.4 Å². The molecule has 0 aliphatic carbocycles. The molecule has 0 atom stereocenters. The number of hydrogen-bond donors (Lipinski definition) is 2. The first-order valence-electron chi connectivity index (χ1n) is 7.05. The first kappa shape index (κ1) is 17.0. The van der Waals surface area contributed by atoms with Crippen molar-refractivity contribution >= 4 is 29.0 Å². The van der Waals surface area contributed by atoms with Crippen molar-refractivity contribution < 1.29 is 14.3 Å². The van der Waals surface area contributed by atoms with Crippen molar-refractivity contribution in [2.24, 2.45) is 0 Å². The van der Waals surface area contributed by atoms with Crippen LogP contribution in [-0.4, -0.2) is 28.4 Å². The maximum atomic E-state index is 11.9. The zero-order valence-electron chi connectivity index (χ0n) is 13.5. The van der Waals surface area contributed by atoms with Crippen LogP contribution in [0, 0.1) is 0 Å². The number of rotatable bonds is 5.